The van der Waals surface area contributed by atoms with Crippen molar-refractivity contribution in [3.05, 3.63) is 0 Å². The van der Waals surface area contributed by atoms with Crippen molar-refractivity contribution in [1.29, 1.82) is 0 Å². The highest BCUT2D eigenvalue weighted by atomic mass is 127. The van der Waals surface area contributed by atoms with E-state index in [2.05, 4.69) is 41.3 Å². The molecule has 138 valence electrons. The quantitative estimate of drug-likeness (QED) is 0.251. The number of ether oxygens (including phenoxy) is 1. The molecule has 2 N–H and O–H groups in total. The first-order valence-electron chi connectivity index (χ1n) is 8.97. The summed E-state index contributed by atoms with van der Waals surface area (Å²) < 4.78 is 5.34. The molecule has 23 heavy (non-hydrogen) atoms. The van der Waals surface area contributed by atoms with E-state index in [1.807, 2.05) is 6.92 Å². The van der Waals surface area contributed by atoms with Crippen molar-refractivity contribution < 1.29 is 4.74 Å². The lowest BCUT2D eigenvalue weighted by Crippen LogP contribution is -2.40. The van der Waals surface area contributed by atoms with Crippen molar-refractivity contribution in [3.63, 3.8) is 0 Å². The minimum Gasteiger partial charge on any atom is -0.380 e. The van der Waals surface area contributed by atoms with Crippen LogP contribution < -0.4 is 10.6 Å². The summed E-state index contributed by atoms with van der Waals surface area (Å²) in [5.74, 6) is 2.58. The molecule has 0 saturated carbocycles. The average Bonchev–Trinajstić information content (AvgIpc) is 2.47. The van der Waals surface area contributed by atoms with Crippen molar-refractivity contribution in [3.8, 4) is 0 Å². The van der Waals surface area contributed by atoms with Crippen LogP contribution in [0.25, 0.3) is 0 Å². The second-order valence-electron chi connectivity index (χ2n) is 6.44. The molecule has 2 unspecified atom stereocenters. The van der Waals surface area contributed by atoms with Crippen LogP contribution in [0.4, 0.5) is 0 Å². The van der Waals surface area contributed by atoms with Crippen LogP contribution in [0, 0.1) is 11.8 Å². The van der Waals surface area contributed by atoms with Gasteiger partial charge in [-0.05, 0) is 45.1 Å². The summed E-state index contributed by atoms with van der Waals surface area (Å²) in [6.07, 6.45) is 2.50. The number of piperidine rings is 1. The van der Waals surface area contributed by atoms with Crippen LogP contribution in [0.3, 0.4) is 0 Å². The maximum atomic E-state index is 5.34. The summed E-state index contributed by atoms with van der Waals surface area (Å²) in [6.45, 7) is 16.6. The molecule has 2 atom stereocenters. The number of likely N-dealkylation sites (tertiary alicyclic amines) is 1. The van der Waals surface area contributed by atoms with Crippen LogP contribution in [0.15, 0.2) is 4.99 Å². The molecule has 1 aliphatic heterocycles. The zero-order valence-corrected chi connectivity index (χ0v) is 17.8. The molecule has 0 aliphatic carbocycles. The molecule has 5 nitrogen and oxygen atoms in total. The molecule has 1 rings (SSSR count). The van der Waals surface area contributed by atoms with E-state index in [0.29, 0.717) is 0 Å². The number of guanidine groups is 1. The van der Waals surface area contributed by atoms with Crippen molar-refractivity contribution >= 4 is 29.9 Å². The average molecular weight is 440 g/mol. The van der Waals surface area contributed by atoms with E-state index in [0.717, 1.165) is 63.6 Å². The molecule has 0 amide bonds. The minimum absolute atomic E-state index is 0. The van der Waals surface area contributed by atoms with Gasteiger partial charge in [0.15, 0.2) is 5.96 Å². The van der Waals surface area contributed by atoms with Gasteiger partial charge in [-0.3, -0.25) is 4.99 Å². The standard InChI is InChI=1S/C17H36N4O.HI/c1-5-18-17(20-9-11-22-6-2)19-8-7-10-21-13-15(3)12-16(4)14-21;/h15-16H,5-14H2,1-4H3,(H2,18,19,20);1H. The van der Waals surface area contributed by atoms with Gasteiger partial charge < -0.3 is 20.3 Å². The Labute approximate surface area is 160 Å². The predicted molar refractivity (Wildman–Crippen MR) is 110 cm³/mol. The van der Waals surface area contributed by atoms with E-state index >= 15 is 0 Å². The molecule has 1 aliphatic rings. The Morgan fingerprint density at radius 2 is 1.87 bits per heavy atom. The van der Waals surface area contributed by atoms with E-state index in [1.165, 1.54) is 19.5 Å². The molecule has 0 aromatic carbocycles. The SMILES string of the molecule is CCNC(=NCCCN1CC(C)CC(C)C1)NCCOCC.I. The largest absolute Gasteiger partial charge is 0.380 e. The highest BCUT2D eigenvalue weighted by Crippen LogP contribution is 2.20. The third kappa shape index (κ3) is 11.2. The number of nitrogens with zero attached hydrogens (tertiary/aromatic N) is 2. The summed E-state index contributed by atoms with van der Waals surface area (Å²) in [5, 5.41) is 6.59. The number of hydrogen-bond donors (Lipinski definition) is 2. The van der Waals surface area contributed by atoms with Crippen molar-refractivity contribution in [2.45, 2.75) is 40.5 Å². The Balaban J connectivity index is 0.00000484. The molecular weight excluding hydrogens is 403 g/mol. The first kappa shape index (κ1) is 22.9. The monoisotopic (exact) mass is 440 g/mol. The second kappa shape index (κ2) is 14.3. The molecule has 0 spiro atoms. The highest BCUT2D eigenvalue weighted by Gasteiger charge is 2.20. The van der Waals surface area contributed by atoms with Gasteiger partial charge in [-0.1, -0.05) is 13.8 Å². The Hall–Kier alpha value is -0.0800. The van der Waals surface area contributed by atoms with Gasteiger partial charge in [-0.2, -0.15) is 0 Å². The molecule has 0 bridgehead atoms. The molecule has 1 saturated heterocycles. The van der Waals surface area contributed by atoms with Gasteiger partial charge >= 0.3 is 0 Å². The van der Waals surface area contributed by atoms with Crippen LogP contribution in [0.5, 0.6) is 0 Å². The van der Waals surface area contributed by atoms with Gasteiger partial charge in [0, 0.05) is 39.3 Å². The van der Waals surface area contributed by atoms with E-state index in [4.69, 9.17) is 4.74 Å². The maximum Gasteiger partial charge on any atom is 0.191 e. The van der Waals surface area contributed by atoms with Crippen LogP contribution >= 0.6 is 24.0 Å². The van der Waals surface area contributed by atoms with Gasteiger partial charge in [0.05, 0.1) is 6.61 Å². The lowest BCUT2D eigenvalue weighted by molar-refractivity contribution is 0.140. The van der Waals surface area contributed by atoms with Crippen molar-refractivity contribution in [2.24, 2.45) is 16.8 Å². The smallest absolute Gasteiger partial charge is 0.191 e. The lowest BCUT2D eigenvalue weighted by Gasteiger charge is -2.34. The molecule has 6 heteroatoms. The number of rotatable bonds is 9. The first-order valence-corrected chi connectivity index (χ1v) is 8.97. The Morgan fingerprint density at radius 1 is 1.17 bits per heavy atom. The zero-order valence-electron chi connectivity index (χ0n) is 15.4. The molecule has 0 aromatic heterocycles. The normalized spacial score (nSPS) is 22.5. The van der Waals surface area contributed by atoms with Gasteiger partial charge in [0.25, 0.3) is 0 Å². The third-order valence-corrected chi connectivity index (χ3v) is 3.93. The number of aliphatic imine (C=N–C) groups is 1. The van der Waals surface area contributed by atoms with Gasteiger partial charge in [0.2, 0.25) is 0 Å². The highest BCUT2D eigenvalue weighted by molar-refractivity contribution is 14.0. The van der Waals surface area contributed by atoms with E-state index in [1.54, 1.807) is 0 Å². The topological polar surface area (TPSA) is 48.9 Å². The third-order valence-electron chi connectivity index (χ3n) is 3.93. The lowest BCUT2D eigenvalue weighted by atomic mass is 9.92. The molecule has 0 radical (unpaired) electrons. The minimum atomic E-state index is 0. The van der Waals surface area contributed by atoms with Crippen LogP contribution in [-0.2, 0) is 4.74 Å². The Bertz CT molecular complexity index is 305. The predicted octanol–water partition coefficient (Wildman–Crippen LogP) is 2.56. The number of hydrogen-bond acceptors (Lipinski definition) is 3. The summed E-state index contributed by atoms with van der Waals surface area (Å²) in [6, 6.07) is 0. The van der Waals surface area contributed by atoms with Crippen molar-refractivity contribution in [1.82, 2.24) is 15.5 Å². The molecule has 1 heterocycles. The number of nitrogens with one attached hydrogen (secondary N) is 2. The van der Waals surface area contributed by atoms with Crippen LogP contribution in [0.1, 0.15) is 40.5 Å². The first-order chi connectivity index (χ1) is 10.7. The van der Waals surface area contributed by atoms with Gasteiger partial charge in [-0.25, -0.2) is 0 Å². The van der Waals surface area contributed by atoms with Gasteiger partial charge in [0.1, 0.15) is 0 Å². The fraction of sp³-hybridized carbons (Fsp3) is 0.941. The van der Waals surface area contributed by atoms with E-state index in [-0.39, 0.29) is 24.0 Å². The summed E-state index contributed by atoms with van der Waals surface area (Å²) in [5.41, 5.74) is 0. The summed E-state index contributed by atoms with van der Waals surface area (Å²) >= 11 is 0. The summed E-state index contributed by atoms with van der Waals surface area (Å²) in [4.78, 5) is 7.25. The van der Waals surface area contributed by atoms with E-state index in [9.17, 15) is 0 Å². The van der Waals surface area contributed by atoms with Gasteiger partial charge in [-0.15, -0.1) is 24.0 Å². The van der Waals surface area contributed by atoms with Crippen LogP contribution in [-0.4, -0.2) is 63.3 Å². The maximum absolute atomic E-state index is 5.34. The summed E-state index contributed by atoms with van der Waals surface area (Å²) in [7, 11) is 0. The number of halogens is 1. The van der Waals surface area contributed by atoms with Crippen LogP contribution in [0.2, 0.25) is 0 Å². The molecule has 1 fully saturated rings. The fourth-order valence-corrected chi connectivity index (χ4v) is 3.19. The van der Waals surface area contributed by atoms with Crippen molar-refractivity contribution in [2.75, 3.05) is 52.5 Å². The second-order valence-corrected chi connectivity index (χ2v) is 6.44. The fourth-order valence-electron chi connectivity index (χ4n) is 3.19. The Kier molecular flexibility index (Phi) is 14.2. The molecular formula is C17H37IN4O. The Morgan fingerprint density at radius 3 is 2.48 bits per heavy atom. The zero-order chi connectivity index (χ0) is 16.2. The molecule has 0 aromatic rings. The van der Waals surface area contributed by atoms with E-state index < -0.39 is 0 Å².